The van der Waals surface area contributed by atoms with Crippen molar-refractivity contribution in [2.45, 2.75) is 32.6 Å². The van der Waals surface area contributed by atoms with Gasteiger partial charge in [0, 0.05) is 6.54 Å². The van der Waals surface area contributed by atoms with Crippen molar-refractivity contribution < 1.29 is 0 Å². The first-order valence-electron chi connectivity index (χ1n) is 6.08. The molecule has 0 aliphatic carbocycles. The van der Waals surface area contributed by atoms with Crippen LogP contribution in [0.4, 0.5) is 0 Å². The van der Waals surface area contributed by atoms with E-state index in [1.807, 2.05) is 0 Å². The van der Waals surface area contributed by atoms with Crippen LogP contribution in [-0.2, 0) is 5.41 Å². The molecule has 1 aliphatic rings. The third kappa shape index (κ3) is 3.58. The van der Waals surface area contributed by atoms with E-state index in [-0.39, 0.29) is 17.8 Å². The van der Waals surface area contributed by atoms with Gasteiger partial charge in [0.05, 0.1) is 0 Å². The molecule has 0 fully saturated rings. The Labute approximate surface area is 111 Å². The molecule has 0 bridgehead atoms. The van der Waals surface area contributed by atoms with Crippen LogP contribution in [0.15, 0.2) is 30.3 Å². The van der Waals surface area contributed by atoms with E-state index in [1.165, 1.54) is 16.7 Å². The maximum Gasteiger partial charge on any atom is 0.0140 e. The molecule has 0 amide bonds. The number of hydrogen-bond donors (Lipinski definition) is 1. The van der Waals surface area contributed by atoms with Gasteiger partial charge in [0.15, 0.2) is 0 Å². The Kier molecular flexibility index (Phi) is 4.79. The monoisotopic (exact) mass is 251 g/mol. The van der Waals surface area contributed by atoms with Crippen LogP contribution >= 0.6 is 12.4 Å². The summed E-state index contributed by atoms with van der Waals surface area (Å²) < 4.78 is 0. The molecular formula is C15H22ClN. The van der Waals surface area contributed by atoms with Crippen LogP contribution in [0, 0.1) is 0 Å². The Morgan fingerprint density at radius 2 is 1.71 bits per heavy atom. The molecule has 2 rings (SSSR count). The van der Waals surface area contributed by atoms with Crippen LogP contribution in [0.3, 0.4) is 0 Å². The maximum absolute atomic E-state index is 3.34. The van der Waals surface area contributed by atoms with Crippen molar-refractivity contribution in [3.63, 3.8) is 0 Å². The van der Waals surface area contributed by atoms with Gasteiger partial charge in [-0.05, 0) is 35.1 Å². The van der Waals surface area contributed by atoms with E-state index in [0.717, 1.165) is 19.5 Å². The highest BCUT2D eigenvalue weighted by Crippen LogP contribution is 2.25. The van der Waals surface area contributed by atoms with Crippen molar-refractivity contribution >= 4 is 18.0 Å². The molecule has 1 nitrogen and oxygen atoms in total. The van der Waals surface area contributed by atoms with Gasteiger partial charge in [-0.1, -0.05) is 51.1 Å². The molecular weight excluding hydrogens is 230 g/mol. The van der Waals surface area contributed by atoms with Crippen molar-refractivity contribution in [3.05, 3.63) is 41.5 Å². The van der Waals surface area contributed by atoms with E-state index in [1.54, 1.807) is 0 Å². The first-order chi connectivity index (χ1) is 7.57. The minimum atomic E-state index is 0. The van der Waals surface area contributed by atoms with E-state index in [9.17, 15) is 0 Å². The average molecular weight is 252 g/mol. The molecule has 0 aromatic heterocycles. The summed E-state index contributed by atoms with van der Waals surface area (Å²) in [4.78, 5) is 0. The van der Waals surface area contributed by atoms with Crippen molar-refractivity contribution in [2.24, 2.45) is 0 Å². The first kappa shape index (κ1) is 14.3. The van der Waals surface area contributed by atoms with Crippen LogP contribution in [0.2, 0.25) is 0 Å². The molecule has 1 aromatic carbocycles. The smallest absolute Gasteiger partial charge is 0.0140 e. The van der Waals surface area contributed by atoms with E-state index in [4.69, 9.17) is 0 Å². The van der Waals surface area contributed by atoms with Crippen molar-refractivity contribution in [1.82, 2.24) is 5.32 Å². The maximum atomic E-state index is 3.34. The van der Waals surface area contributed by atoms with Gasteiger partial charge in [0.25, 0.3) is 0 Å². The van der Waals surface area contributed by atoms with E-state index >= 15 is 0 Å². The molecule has 2 heteroatoms. The number of benzene rings is 1. The molecule has 1 N–H and O–H groups in total. The fourth-order valence-electron chi connectivity index (χ4n) is 2.07. The highest BCUT2D eigenvalue weighted by atomic mass is 35.5. The highest BCUT2D eigenvalue weighted by molar-refractivity contribution is 5.85. The lowest BCUT2D eigenvalue weighted by Crippen LogP contribution is -2.20. The Bertz CT molecular complexity index is 384. The molecule has 17 heavy (non-hydrogen) atoms. The second kappa shape index (κ2) is 5.70. The third-order valence-corrected chi connectivity index (χ3v) is 3.19. The van der Waals surface area contributed by atoms with Gasteiger partial charge in [0.2, 0.25) is 0 Å². The summed E-state index contributed by atoms with van der Waals surface area (Å²) in [6.45, 7) is 8.88. The summed E-state index contributed by atoms with van der Waals surface area (Å²) in [5.74, 6) is 0. The van der Waals surface area contributed by atoms with Gasteiger partial charge in [-0.25, -0.2) is 0 Å². The first-order valence-corrected chi connectivity index (χ1v) is 6.08. The van der Waals surface area contributed by atoms with Crippen molar-refractivity contribution in [3.8, 4) is 0 Å². The van der Waals surface area contributed by atoms with Crippen LogP contribution in [0.25, 0.3) is 5.57 Å². The Balaban J connectivity index is 0.00000144. The molecule has 0 saturated heterocycles. The SMILES string of the molecule is CC(C)(C)c1ccc(C2=CCNCC2)cc1.Cl. The Morgan fingerprint density at radius 1 is 1.06 bits per heavy atom. The fraction of sp³-hybridized carbons (Fsp3) is 0.467. The van der Waals surface area contributed by atoms with Crippen LogP contribution in [-0.4, -0.2) is 13.1 Å². The number of hydrogen-bond acceptors (Lipinski definition) is 1. The lowest BCUT2D eigenvalue weighted by molar-refractivity contribution is 0.590. The molecule has 0 spiro atoms. The Morgan fingerprint density at radius 3 is 2.18 bits per heavy atom. The van der Waals surface area contributed by atoms with Crippen LogP contribution in [0.1, 0.15) is 38.3 Å². The predicted molar refractivity (Wildman–Crippen MR) is 77.9 cm³/mol. The molecule has 1 aromatic rings. The average Bonchev–Trinajstić information content (AvgIpc) is 2.29. The van der Waals surface area contributed by atoms with Gasteiger partial charge in [0.1, 0.15) is 0 Å². The molecule has 0 radical (unpaired) electrons. The zero-order valence-corrected chi connectivity index (χ0v) is 11.7. The minimum Gasteiger partial charge on any atom is -0.313 e. The molecule has 0 saturated carbocycles. The van der Waals surface area contributed by atoms with Gasteiger partial charge in [-0.2, -0.15) is 0 Å². The van der Waals surface area contributed by atoms with Gasteiger partial charge in [-0.3, -0.25) is 0 Å². The van der Waals surface area contributed by atoms with Gasteiger partial charge >= 0.3 is 0 Å². The fourth-order valence-corrected chi connectivity index (χ4v) is 2.07. The summed E-state index contributed by atoms with van der Waals surface area (Å²) in [5.41, 5.74) is 4.53. The molecule has 0 unspecified atom stereocenters. The number of nitrogens with one attached hydrogen (secondary N) is 1. The lowest BCUT2D eigenvalue weighted by atomic mass is 9.86. The quantitative estimate of drug-likeness (QED) is 0.801. The summed E-state index contributed by atoms with van der Waals surface area (Å²) in [6.07, 6.45) is 3.45. The minimum absolute atomic E-state index is 0. The second-order valence-corrected chi connectivity index (χ2v) is 5.51. The van der Waals surface area contributed by atoms with Gasteiger partial charge in [-0.15, -0.1) is 12.4 Å². The lowest BCUT2D eigenvalue weighted by Gasteiger charge is -2.20. The van der Waals surface area contributed by atoms with E-state index in [2.05, 4.69) is 56.4 Å². The topological polar surface area (TPSA) is 12.0 Å². The van der Waals surface area contributed by atoms with E-state index < -0.39 is 0 Å². The van der Waals surface area contributed by atoms with E-state index in [0.29, 0.717) is 0 Å². The number of halogens is 1. The molecule has 94 valence electrons. The molecule has 0 atom stereocenters. The van der Waals surface area contributed by atoms with Gasteiger partial charge < -0.3 is 5.32 Å². The molecule has 1 heterocycles. The molecule has 1 aliphatic heterocycles. The zero-order valence-electron chi connectivity index (χ0n) is 10.9. The largest absolute Gasteiger partial charge is 0.313 e. The van der Waals surface area contributed by atoms with Crippen LogP contribution < -0.4 is 5.32 Å². The number of rotatable bonds is 1. The summed E-state index contributed by atoms with van der Waals surface area (Å²) in [6, 6.07) is 9.05. The summed E-state index contributed by atoms with van der Waals surface area (Å²) >= 11 is 0. The van der Waals surface area contributed by atoms with Crippen molar-refractivity contribution in [2.75, 3.05) is 13.1 Å². The summed E-state index contributed by atoms with van der Waals surface area (Å²) in [7, 11) is 0. The second-order valence-electron chi connectivity index (χ2n) is 5.51. The highest BCUT2D eigenvalue weighted by Gasteiger charge is 2.13. The predicted octanol–water partition coefficient (Wildman–Crippen LogP) is 3.78. The standard InChI is InChI=1S/C15H21N.ClH/c1-15(2,3)14-6-4-12(5-7-14)13-8-10-16-11-9-13;/h4-8,16H,9-11H2,1-3H3;1H. The summed E-state index contributed by atoms with van der Waals surface area (Å²) in [5, 5.41) is 3.34. The third-order valence-electron chi connectivity index (χ3n) is 3.19. The zero-order chi connectivity index (χ0) is 11.6. The van der Waals surface area contributed by atoms with Crippen LogP contribution in [0.5, 0.6) is 0 Å². The Hall–Kier alpha value is -0.790. The normalized spacial score (nSPS) is 16.1. The van der Waals surface area contributed by atoms with Crippen molar-refractivity contribution in [1.29, 1.82) is 0 Å².